The summed E-state index contributed by atoms with van der Waals surface area (Å²) in [4.78, 5) is 21.6. The van der Waals surface area contributed by atoms with Crippen LogP contribution in [-0.2, 0) is 14.3 Å². The van der Waals surface area contributed by atoms with Crippen molar-refractivity contribution in [1.82, 2.24) is 0 Å². The Kier molecular flexibility index (Phi) is 5.30. The smallest absolute Gasteiger partial charge is 0.306 e. The fourth-order valence-electron chi connectivity index (χ4n) is 1.51. The van der Waals surface area contributed by atoms with Crippen LogP contribution < -0.4 is 0 Å². The van der Waals surface area contributed by atoms with Gasteiger partial charge in [-0.25, -0.2) is 4.39 Å². The van der Waals surface area contributed by atoms with Crippen molar-refractivity contribution in [2.75, 3.05) is 0 Å². The third kappa shape index (κ3) is 4.53. The summed E-state index contributed by atoms with van der Waals surface area (Å²) in [6, 6.07) is 6.06. The van der Waals surface area contributed by atoms with Crippen LogP contribution in [0.1, 0.15) is 37.9 Å². The second kappa shape index (κ2) is 6.74. The highest BCUT2D eigenvalue weighted by atomic mass is 19.1. The Morgan fingerprint density at radius 1 is 1.33 bits per heavy atom. The fourth-order valence-corrected chi connectivity index (χ4v) is 1.51. The van der Waals surface area contributed by atoms with Gasteiger partial charge in [0.25, 0.3) is 0 Å². The molecule has 0 saturated carbocycles. The highest BCUT2D eigenvalue weighted by Gasteiger charge is 2.15. The van der Waals surface area contributed by atoms with E-state index < -0.39 is 23.9 Å². The summed E-state index contributed by atoms with van der Waals surface area (Å²) >= 11 is 0. The van der Waals surface area contributed by atoms with Crippen LogP contribution in [0, 0.1) is 5.82 Å². The Hall–Kier alpha value is -1.91. The normalized spacial score (nSPS) is 11.9. The van der Waals surface area contributed by atoms with E-state index >= 15 is 0 Å². The molecule has 0 bridgehead atoms. The van der Waals surface area contributed by atoms with Crippen molar-refractivity contribution in [3.8, 4) is 0 Å². The molecule has 0 radical (unpaired) electrons. The number of benzene rings is 1. The lowest BCUT2D eigenvalue weighted by molar-refractivity contribution is -0.149. The van der Waals surface area contributed by atoms with Crippen molar-refractivity contribution in [1.29, 1.82) is 0 Å². The number of ether oxygens (including phenoxy) is 1. The molecule has 0 amide bonds. The Morgan fingerprint density at radius 3 is 2.61 bits per heavy atom. The molecule has 1 atom stereocenters. The predicted molar refractivity (Wildman–Crippen MR) is 62.4 cm³/mol. The molecule has 0 aliphatic carbocycles. The van der Waals surface area contributed by atoms with E-state index in [-0.39, 0.29) is 19.3 Å². The molecule has 1 rings (SSSR count). The topological polar surface area (TPSA) is 63.6 Å². The summed E-state index contributed by atoms with van der Waals surface area (Å²) in [6.07, 6.45) is -0.518. The monoisotopic (exact) mass is 254 g/mol. The minimum absolute atomic E-state index is 0.0189. The third-order valence-electron chi connectivity index (χ3n) is 2.42. The fraction of sp³-hybridized carbons (Fsp3) is 0.385. The number of hydrogen-bond donors (Lipinski definition) is 1. The van der Waals surface area contributed by atoms with Gasteiger partial charge in [0.15, 0.2) is 0 Å². The molecule has 0 heterocycles. The van der Waals surface area contributed by atoms with Gasteiger partial charge >= 0.3 is 11.9 Å². The molecule has 0 spiro atoms. The van der Waals surface area contributed by atoms with Gasteiger partial charge in [0.1, 0.15) is 11.9 Å². The van der Waals surface area contributed by atoms with E-state index in [0.717, 1.165) is 0 Å². The number of hydrogen-bond acceptors (Lipinski definition) is 3. The highest BCUT2D eigenvalue weighted by molar-refractivity contribution is 5.71. The summed E-state index contributed by atoms with van der Waals surface area (Å²) < 4.78 is 18.4. The van der Waals surface area contributed by atoms with Crippen LogP contribution in [0.4, 0.5) is 4.39 Å². The molecule has 1 aromatic rings. The highest BCUT2D eigenvalue weighted by Crippen LogP contribution is 2.20. The Balaban J connectivity index is 2.45. The molecule has 0 aliphatic heterocycles. The molecule has 98 valence electrons. The molecular weight excluding hydrogens is 239 g/mol. The van der Waals surface area contributed by atoms with E-state index in [2.05, 4.69) is 0 Å². The van der Waals surface area contributed by atoms with Gasteiger partial charge in [-0.3, -0.25) is 9.59 Å². The first kappa shape index (κ1) is 14.2. The molecule has 0 fully saturated rings. The molecule has 0 saturated heterocycles. The quantitative estimate of drug-likeness (QED) is 0.793. The minimum atomic E-state index is -0.954. The lowest BCUT2D eigenvalue weighted by atomic mass is 10.1. The summed E-state index contributed by atoms with van der Waals surface area (Å²) in [7, 11) is 0. The van der Waals surface area contributed by atoms with Crippen LogP contribution in [0.5, 0.6) is 0 Å². The van der Waals surface area contributed by atoms with Crippen LogP contribution in [0.25, 0.3) is 0 Å². The van der Waals surface area contributed by atoms with E-state index in [1.807, 2.05) is 0 Å². The molecule has 4 nitrogen and oxygen atoms in total. The number of carbonyl (C=O) groups excluding carboxylic acids is 1. The molecule has 1 N–H and O–H groups in total. The average Bonchev–Trinajstić information content (AvgIpc) is 2.28. The SMILES string of the molecule is CC(OC(=O)CCCC(=O)O)c1ccccc1F. The van der Waals surface area contributed by atoms with Gasteiger partial charge in [0.2, 0.25) is 0 Å². The Labute approximate surface area is 104 Å². The van der Waals surface area contributed by atoms with Gasteiger partial charge in [-0.2, -0.15) is 0 Å². The van der Waals surface area contributed by atoms with Gasteiger partial charge in [-0.1, -0.05) is 18.2 Å². The van der Waals surface area contributed by atoms with E-state index in [4.69, 9.17) is 9.84 Å². The van der Waals surface area contributed by atoms with Crippen molar-refractivity contribution in [2.24, 2.45) is 0 Å². The molecule has 5 heteroatoms. The number of halogens is 1. The number of carbonyl (C=O) groups is 2. The van der Waals surface area contributed by atoms with Gasteiger partial charge in [-0.05, 0) is 19.4 Å². The molecule has 0 aliphatic rings. The number of carboxylic acid groups (broad SMARTS) is 1. The van der Waals surface area contributed by atoms with Gasteiger partial charge in [-0.15, -0.1) is 0 Å². The lowest BCUT2D eigenvalue weighted by Crippen LogP contribution is -2.10. The zero-order chi connectivity index (χ0) is 13.5. The first-order valence-corrected chi connectivity index (χ1v) is 5.66. The molecule has 1 aromatic carbocycles. The van der Waals surface area contributed by atoms with Crippen molar-refractivity contribution in [3.63, 3.8) is 0 Å². The Morgan fingerprint density at radius 2 is 2.00 bits per heavy atom. The molecular formula is C13H15FO4. The molecule has 1 unspecified atom stereocenters. The summed E-state index contributed by atoms with van der Waals surface area (Å²) in [5.74, 6) is -1.90. The Bertz CT molecular complexity index is 431. The number of carboxylic acids is 1. The van der Waals surface area contributed by atoms with Crippen LogP contribution in [-0.4, -0.2) is 17.0 Å². The zero-order valence-corrected chi connectivity index (χ0v) is 10.1. The average molecular weight is 254 g/mol. The van der Waals surface area contributed by atoms with Crippen molar-refractivity contribution in [2.45, 2.75) is 32.3 Å². The minimum Gasteiger partial charge on any atom is -0.481 e. The van der Waals surface area contributed by atoms with E-state index in [0.29, 0.717) is 5.56 Å². The van der Waals surface area contributed by atoms with E-state index in [1.165, 1.54) is 6.07 Å². The number of aliphatic carboxylic acids is 1. The maximum atomic E-state index is 13.4. The molecule has 0 aromatic heterocycles. The lowest BCUT2D eigenvalue weighted by Gasteiger charge is -2.14. The summed E-state index contributed by atoms with van der Waals surface area (Å²) in [6.45, 7) is 1.58. The van der Waals surface area contributed by atoms with Crippen LogP contribution in [0.15, 0.2) is 24.3 Å². The van der Waals surface area contributed by atoms with E-state index in [1.54, 1.807) is 25.1 Å². The standard InChI is InChI=1S/C13H15FO4/c1-9(10-5-2-3-6-11(10)14)18-13(17)8-4-7-12(15)16/h2-3,5-6,9H,4,7-8H2,1H3,(H,15,16). The largest absolute Gasteiger partial charge is 0.481 e. The van der Waals surface area contributed by atoms with Crippen LogP contribution in [0.2, 0.25) is 0 Å². The second-order valence-corrected chi connectivity index (χ2v) is 3.90. The first-order chi connectivity index (χ1) is 8.50. The van der Waals surface area contributed by atoms with Crippen molar-refractivity contribution >= 4 is 11.9 Å². The number of esters is 1. The maximum Gasteiger partial charge on any atom is 0.306 e. The predicted octanol–water partition coefficient (Wildman–Crippen LogP) is 2.68. The maximum absolute atomic E-state index is 13.4. The van der Waals surface area contributed by atoms with Gasteiger partial charge < -0.3 is 9.84 Å². The summed E-state index contributed by atoms with van der Waals surface area (Å²) in [5, 5.41) is 8.42. The van der Waals surface area contributed by atoms with Gasteiger partial charge in [0, 0.05) is 18.4 Å². The van der Waals surface area contributed by atoms with Crippen molar-refractivity contribution in [3.05, 3.63) is 35.6 Å². The second-order valence-electron chi connectivity index (χ2n) is 3.90. The third-order valence-corrected chi connectivity index (χ3v) is 2.42. The van der Waals surface area contributed by atoms with Crippen LogP contribution >= 0.6 is 0 Å². The molecule has 18 heavy (non-hydrogen) atoms. The zero-order valence-electron chi connectivity index (χ0n) is 10.1. The summed E-state index contributed by atoms with van der Waals surface area (Å²) in [5.41, 5.74) is 0.309. The number of rotatable bonds is 6. The van der Waals surface area contributed by atoms with Gasteiger partial charge in [0.05, 0.1) is 0 Å². The first-order valence-electron chi connectivity index (χ1n) is 5.66. The van der Waals surface area contributed by atoms with Crippen molar-refractivity contribution < 1.29 is 23.8 Å². The van der Waals surface area contributed by atoms with Crippen LogP contribution in [0.3, 0.4) is 0 Å². The van der Waals surface area contributed by atoms with E-state index in [9.17, 15) is 14.0 Å².